The number of nitrogens with zero attached hydrogens (tertiary/aromatic N) is 1. The van der Waals surface area contributed by atoms with E-state index in [4.69, 9.17) is 0 Å². The number of benzene rings is 2. The summed E-state index contributed by atoms with van der Waals surface area (Å²) in [6.45, 7) is 2.40. The summed E-state index contributed by atoms with van der Waals surface area (Å²) >= 11 is 0. The number of rotatable bonds is 10. The molecule has 8 heteroatoms. The standard InChI is InChI=1S/C24H28N2O4S2/c1-17(16-31-32-19-11-6-3-7-12-19)23(28)26-14-8-13-21(26)22(27)25-20(24(29)30)15-18-9-4-2-5-10-18/h2-7,9-12,17,20-21H,8,13-16H2,1H3,(H,25,27)(H,29,30)/t17?,20-,21-/m0/s1. The molecule has 2 aromatic rings. The highest BCUT2D eigenvalue weighted by atomic mass is 33.1. The van der Waals surface area contributed by atoms with Crippen molar-refractivity contribution in [2.45, 2.75) is 43.2 Å². The van der Waals surface area contributed by atoms with E-state index in [1.165, 1.54) is 0 Å². The molecule has 6 nitrogen and oxygen atoms in total. The van der Waals surface area contributed by atoms with Crippen molar-refractivity contribution in [2.75, 3.05) is 12.3 Å². The van der Waals surface area contributed by atoms with Gasteiger partial charge in [0, 0.05) is 29.5 Å². The van der Waals surface area contributed by atoms with Crippen molar-refractivity contribution in [3.8, 4) is 0 Å². The topological polar surface area (TPSA) is 86.7 Å². The molecule has 170 valence electrons. The van der Waals surface area contributed by atoms with Crippen LogP contribution in [0.2, 0.25) is 0 Å². The average Bonchev–Trinajstić information content (AvgIpc) is 3.29. The van der Waals surface area contributed by atoms with Crippen molar-refractivity contribution in [2.24, 2.45) is 5.92 Å². The average molecular weight is 473 g/mol. The number of hydrogen-bond donors (Lipinski definition) is 2. The van der Waals surface area contributed by atoms with E-state index in [1.807, 2.05) is 67.6 Å². The van der Waals surface area contributed by atoms with Crippen LogP contribution in [0, 0.1) is 5.92 Å². The zero-order valence-corrected chi connectivity index (χ0v) is 19.6. The molecule has 3 rings (SSSR count). The first-order valence-electron chi connectivity index (χ1n) is 10.7. The van der Waals surface area contributed by atoms with Gasteiger partial charge >= 0.3 is 5.97 Å². The van der Waals surface area contributed by atoms with Gasteiger partial charge in [-0.2, -0.15) is 0 Å². The van der Waals surface area contributed by atoms with E-state index < -0.39 is 24.0 Å². The highest BCUT2D eigenvalue weighted by molar-refractivity contribution is 8.76. The number of hydrogen-bond acceptors (Lipinski definition) is 5. The van der Waals surface area contributed by atoms with E-state index in [9.17, 15) is 19.5 Å². The second-order valence-corrected chi connectivity index (χ2v) is 10.3. The Bertz CT molecular complexity index is 911. The monoisotopic (exact) mass is 472 g/mol. The fourth-order valence-electron chi connectivity index (χ4n) is 3.66. The highest BCUT2D eigenvalue weighted by Crippen LogP contribution is 2.33. The van der Waals surface area contributed by atoms with E-state index in [0.29, 0.717) is 18.7 Å². The van der Waals surface area contributed by atoms with E-state index in [0.717, 1.165) is 16.9 Å². The summed E-state index contributed by atoms with van der Waals surface area (Å²) in [5.74, 6) is -1.13. The van der Waals surface area contributed by atoms with Gasteiger partial charge in [-0.05, 0) is 30.5 Å². The molecule has 1 saturated heterocycles. The Kier molecular flexibility index (Phi) is 9.05. The molecule has 2 N–H and O–H groups in total. The van der Waals surface area contributed by atoms with Gasteiger partial charge in [-0.25, -0.2) is 4.79 Å². The van der Waals surface area contributed by atoms with Crippen LogP contribution in [0.5, 0.6) is 0 Å². The summed E-state index contributed by atoms with van der Waals surface area (Å²) in [5, 5.41) is 12.2. The van der Waals surface area contributed by atoms with Gasteiger partial charge in [0.15, 0.2) is 0 Å². The van der Waals surface area contributed by atoms with Crippen molar-refractivity contribution >= 4 is 39.4 Å². The normalized spacial score (nSPS) is 17.5. The van der Waals surface area contributed by atoms with Gasteiger partial charge < -0.3 is 15.3 Å². The Morgan fingerprint density at radius 1 is 1.09 bits per heavy atom. The van der Waals surface area contributed by atoms with E-state index in [1.54, 1.807) is 26.5 Å². The van der Waals surface area contributed by atoms with Gasteiger partial charge in [0.05, 0.1) is 0 Å². The predicted molar refractivity (Wildman–Crippen MR) is 128 cm³/mol. The molecule has 0 spiro atoms. The van der Waals surface area contributed by atoms with Crippen LogP contribution in [0.15, 0.2) is 65.6 Å². The summed E-state index contributed by atoms with van der Waals surface area (Å²) in [5.41, 5.74) is 0.834. The van der Waals surface area contributed by atoms with Crippen LogP contribution in [0.1, 0.15) is 25.3 Å². The molecular weight excluding hydrogens is 444 g/mol. The maximum atomic E-state index is 13.0. The van der Waals surface area contributed by atoms with Crippen LogP contribution in [0.4, 0.5) is 0 Å². The molecule has 2 amide bonds. The largest absolute Gasteiger partial charge is 0.480 e. The van der Waals surface area contributed by atoms with Crippen molar-refractivity contribution in [3.63, 3.8) is 0 Å². The predicted octanol–water partition coefficient (Wildman–Crippen LogP) is 3.87. The van der Waals surface area contributed by atoms with Crippen LogP contribution in [-0.2, 0) is 20.8 Å². The number of aliphatic carboxylic acids is 1. The van der Waals surface area contributed by atoms with Crippen molar-refractivity contribution in [1.29, 1.82) is 0 Å². The fourth-order valence-corrected chi connectivity index (χ4v) is 6.03. The quantitative estimate of drug-likeness (QED) is 0.511. The lowest BCUT2D eigenvalue weighted by Gasteiger charge is -2.27. The van der Waals surface area contributed by atoms with Gasteiger partial charge in [0.2, 0.25) is 11.8 Å². The third-order valence-electron chi connectivity index (χ3n) is 5.37. The lowest BCUT2D eigenvalue weighted by Crippen LogP contribution is -2.52. The number of carbonyl (C=O) groups is 3. The van der Waals surface area contributed by atoms with Crippen molar-refractivity contribution in [1.82, 2.24) is 10.2 Å². The van der Waals surface area contributed by atoms with Crippen LogP contribution < -0.4 is 5.32 Å². The van der Waals surface area contributed by atoms with Crippen LogP contribution >= 0.6 is 21.6 Å². The first-order valence-corrected chi connectivity index (χ1v) is 13.0. The van der Waals surface area contributed by atoms with Crippen LogP contribution in [-0.4, -0.2) is 52.2 Å². The third kappa shape index (κ3) is 6.77. The Morgan fingerprint density at radius 2 is 1.75 bits per heavy atom. The molecule has 0 saturated carbocycles. The number of carbonyl (C=O) groups excluding carboxylic acids is 2. The van der Waals surface area contributed by atoms with Gasteiger partial charge in [-0.3, -0.25) is 9.59 Å². The zero-order valence-electron chi connectivity index (χ0n) is 18.0. The minimum absolute atomic E-state index is 0.0567. The van der Waals surface area contributed by atoms with Gasteiger partial charge in [-0.1, -0.05) is 77.0 Å². The molecule has 3 atom stereocenters. The fraction of sp³-hybridized carbons (Fsp3) is 0.375. The highest BCUT2D eigenvalue weighted by Gasteiger charge is 2.37. The molecule has 1 unspecified atom stereocenters. The van der Waals surface area contributed by atoms with Crippen LogP contribution in [0.25, 0.3) is 0 Å². The SMILES string of the molecule is CC(CSSc1ccccc1)C(=O)N1CCC[C@H]1C(=O)N[C@@H](Cc1ccccc1)C(=O)O. The summed E-state index contributed by atoms with van der Waals surface area (Å²) in [6, 6.07) is 17.5. The maximum Gasteiger partial charge on any atom is 0.326 e. The van der Waals surface area contributed by atoms with Gasteiger partial charge in [0.1, 0.15) is 12.1 Å². The van der Waals surface area contributed by atoms with E-state index in [2.05, 4.69) is 5.32 Å². The zero-order chi connectivity index (χ0) is 22.9. The van der Waals surface area contributed by atoms with E-state index >= 15 is 0 Å². The number of carboxylic acids is 1. The smallest absolute Gasteiger partial charge is 0.326 e. The Morgan fingerprint density at radius 3 is 2.41 bits per heavy atom. The Hall–Kier alpha value is -2.45. The summed E-state index contributed by atoms with van der Waals surface area (Å²) in [6.07, 6.45) is 1.49. The minimum Gasteiger partial charge on any atom is -0.480 e. The molecule has 2 aromatic carbocycles. The van der Waals surface area contributed by atoms with Crippen molar-refractivity contribution < 1.29 is 19.5 Å². The Labute approximate surface area is 196 Å². The summed E-state index contributed by atoms with van der Waals surface area (Å²) in [7, 11) is 3.25. The first-order chi connectivity index (χ1) is 15.5. The summed E-state index contributed by atoms with van der Waals surface area (Å²) < 4.78 is 0. The molecule has 1 aliphatic heterocycles. The third-order valence-corrected chi connectivity index (χ3v) is 7.93. The van der Waals surface area contributed by atoms with Crippen molar-refractivity contribution in [3.05, 3.63) is 66.2 Å². The van der Waals surface area contributed by atoms with Gasteiger partial charge in [0.25, 0.3) is 0 Å². The molecule has 0 aliphatic carbocycles. The number of carboxylic acid groups (broad SMARTS) is 1. The molecule has 1 aliphatic rings. The number of likely N-dealkylation sites (tertiary alicyclic amines) is 1. The second-order valence-electron chi connectivity index (χ2n) is 7.86. The van der Waals surface area contributed by atoms with Gasteiger partial charge in [-0.15, -0.1) is 0 Å². The molecule has 1 fully saturated rings. The maximum absolute atomic E-state index is 13.0. The lowest BCUT2D eigenvalue weighted by atomic mass is 10.1. The number of amides is 2. The number of nitrogens with one attached hydrogen (secondary N) is 1. The lowest BCUT2D eigenvalue weighted by molar-refractivity contribution is -0.144. The molecular formula is C24H28N2O4S2. The molecule has 1 heterocycles. The minimum atomic E-state index is -1.08. The first kappa shape index (κ1) is 24.2. The molecule has 0 radical (unpaired) electrons. The van der Waals surface area contributed by atoms with E-state index in [-0.39, 0.29) is 18.2 Å². The van der Waals surface area contributed by atoms with Crippen LogP contribution in [0.3, 0.4) is 0 Å². The molecule has 0 bridgehead atoms. The summed E-state index contributed by atoms with van der Waals surface area (Å²) in [4.78, 5) is 40.4. The Balaban J connectivity index is 1.55. The second kappa shape index (κ2) is 12.0. The molecule has 32 heavy (non-hydrogen) atoms. The molecule has 0 aromatic heterocycles.